The Bertz CT molecular complexity index is 933. The third-order valence-corrected chi connectivity index (χ3v) is 7.28. The van der Waals surface area contributed by atoms with E-state index in [0.717, 1.165) is 12.8 Å². The first-order valence-electron chi connectivity index (χ1n) is 9.74. The van der Waals surface area contributed by atoms with Gasteiger partial charge in [-0.2, -0.15) is 0 Å². The summed E-state index contributed by atoms with van der Waals surface area (Å²) in [6.07, 6.45) is 2.61. The molecule has 3 aromatic carbocycles. The van der Waals surface area contributed by atoms with Gasteiger partial charge in [0.2, 0.25) is 0 Å². The number of benzene rings is 3. The fourth-order valence-corrected chi connectivity index (χ4v) is 5.94. The summed E-state index contributed by atoms with van der Waals surface area (Å²) in [6, 6.07) is 28.0. The second-order valence-corrected chi connectivity index (χ2v) is 8.69. The zero-order valence-corrected chi connectivity index (χ0v) is 16.0. The fourth-order valence-electron chi connectivity index (χ4n) is 4.79. The molecule has 1 aliphatic heterocycles. The molecule has 1 heterocycles. The zero-order chi connectivity index (χ0) is 18.2. The van der Waals surface area contributed by atoms with Crippen molar-refractivity contribution in [1.29, 1.82) is 0 Å². The summed E-state index contributed by atoms with van der Waals surface area (Å²) in [4.78, 5) is 15.7. The van der Waals surface area contributed by atoms with Crippen LogP contribution in [-0.2, 0) is 4.79 Å². The van der Waals surface area contributed by atoms with E-state index in [4.69, 9.17) is 0 Å². The maximum Gasteiger partial charge on any atom is 0.136 e. The van der Waals surface area contributed by atoms with Crippen molar-refractivity contribution < 1.29 is 4.79 Å². The Morgan fingerprint density at radius 2 is 1.33 bits per heavy atom. The van der Waals surface area contributed by atoms with E-state index in [1.807, 2.05) is 11.8 Å². The number of hydrogen-bond donors (Lipinski definition) is 0. The first kappa shape index (κ1) is 16.8. The Kier molecular flexibility index (Phi) is 4.37. The van der Waals surface area contributed by atoms with Crippen LogP contribution in [0.5, 0.6) is 0 Å². The van der Waals surface area contributed by atoms with Gasteiger partial charge >= 0.3 is 0 Å². The maximum atomic E-state index is 13.1. The molecular formula is C25H22OS. The SMILES string of the molecule is O=C1CC[C@@H](c2ccccc2)C[C@@H]1C1c2ccccc2Sc2ccccc21. The molecule has 1 aliphatic carbocycles. The quantitative estimate of drug-likeness (QED) is 0.516. The lowest BCUT2D eigenvalue weighted by Gasteiger charge is -2.37. The average molecular weight is 371 g/mol. The third kappa shape index (κ3) is 3.02. The van der Waals surface area contributed by atoms with Crippen molar-refractivity contribution in [3.05, 3.63) is 95.6 Å². The van der Waals surface area contributed by atoms with Gasteiger partial charge < -0.3 is 0 Å². The predicted molar refractivity (Wildman–Crippen MR) is 110 cm³/mol. The highest BCUT2D eigenvalue weighted by Gasteiger charge is 2.39. The molecule has 27 heavy (non-hydrogen) atoms. The molecule has 0 unspecified atom stereocenters. The van der Waals surface area contributed by atoms with Gasteiger partial charge in [-0.25, -0.2) is 0 Å². The van der Waals surface area contributed by atoms with Crippen LogP contribution in [0, 0.1) is 5.92 Å². The van der Waals surface area contributed by atoms with Gasteiger partial charge in [0.25, 0.3) is 0 Å². The Morgan fingerprint density at radius 1 is 0.741 bits per heavy atom. The van der Waals surface area contributed by atoms with E-state index < -0.39 is 0 Å². The lowest BCUT2D eigenvalue weighted by Crippen LogP contribution is -2.31. The Morgan fingerprint density at radius 3 is 2.00 bits per heavy atom. The summed E-state index contributed by atoms with van der Waals surface area (Å²) in [7, 11) is 0. The minimum atomic E-state index is 0.0622. The van der Waals surface area contributed by atoms with Crippen LogP contribution in [0.15, 0.2) is 88.7 Å². The van der Waals surface area contributed by atoms with Crippen LogP contribution in [-0.4, -0.2) is 5.78 Å². The third-order valence-electron chi connectivity index (χ3n) is 6.09. The van der Waals surface area contributed by atoms with Gasteiger partial charge in [0.15, 0.2) is 0 Å². The topological polar surface area (TPSA) is 17.1 Å². The molecule has 0 N–H and O–H groups in total. The van der Waals surface area contributed by atoms with E-state index in [2.05, 4.69) is 78.9 Å². The Hall–Kier alpha value is -2.32. The van der Waals surface area contributed by atoms with Crippen molar-refractivity contribution in [3.8, 4) is 0 Å². The number of ketones is 1. The normalized spacial score (nSPS) is 22.1. The fraction of sp³-hybridized carbons (Fsp3) is 0.240. The van der Waals surface area contributed by atoms with Gasteiger partial charge in [-0.05, 0) is 47.6 Å². The standard InChI is InChI=1S/C25H22OS/c26-22-15-14-18(17-8-2-1-3-9-17)16-21(22)25-19-10-4-6-12-23(19)27-24-13-7-5-11-20(24)25/h1-13,18,21,25H,14-16H2/t18-,21+/m1/s1. The van der Waals surface area contributed by atoms with Crippen molar-refractivity contribution in [2.45, 2.75) is 40.9 Å². The average Bonchev–Trinajstić information content (AvgIpc) is 2.73. The molecule has 1 nitrogen and oxygen atoms in total. The molecule has 1 saturated carbocycles. The summed E-state index contributed by atoms with van der Waals surface area (Å²) in [5, 5.41) is 0. The number of Topliss-reactive ketones (excluding diaryl/α,β-unsaturated/α-hetero) is 1. The summed E-state index contributed by atoms with van der Waals surface area (Å²) in [6.45, 7) is 0. The minimum Gasteiger partial charge on any atom is -0.299 e. The zero-order valence-electron chi connectivity index (χ0n) is 15.2. The molecular weight excluding hydrogens is 348 g/mol. The van der Waals surface area contributed by atoms with Crippen molar-refractivity contribution in [1.82, 2.24) is 0 Å². The van der Waals surface area contributed by atoms with Crippen molar-refractivity contribution >= 4 is 17.5 Å². The maximum absolute atomic E-state index is 13.1. The van der Waals surface area contributed by atoms with E-state index in [-0.39, 0.29) is 11.8 Å². The molecule has 1 fully saturated rings. The highest BCUT2D eigenvalue weighted by Crippen LogP contribution is 2.52. The molecule has 0 amide bonds. The molecule has 0 radical (unpaired) electrons. The lowest BCUT2D eigenvalue weighted by atomic mass is 9.68. The van der Waals surface area contributed by atoms with Crippen LogP contribution in [0.25, 0.3) is 0 Å². The van der Waals surface area contributed by atoms with Crippen molar-refractivity contribution in [2.75, 3.05) is 0 Å². The Balaban J connectivity index is 1.57. The molecule has 2 atom stereocenters. The minimum absolute atomic E-state index is 0.0622. The van der Waals surface area contributed by atoms with E-state index in [1.165, 1.54) is 26.5 Å². The van der Waals surface area contributed by atoms with Crippen LogP contribution in [0.3, 0.4) is 0 Å². The molecule has 0 aromatic heterocycles. The van der Waals surface area contributed by atoms with E-state index in [9.17, 15) is 4.79 Å². The first-order chi connectivity index (χ1) is 13.3. The monoisotopic (exact) mass is 370 g/mol. The number of hydrogen-bond acceptors (Lipinski definition) is 2. The van der Waals surface area contributed by atoms with Gasteiger partial charge in [-0.3, -0.25) is 4.79 Å². The summed E-state index contributed by atoms with van der Waals surface area (Å²) in [5.74, 6) is 1.15. The van der Waals surface area contributed by atoms with E-state index in [0.29, 0.717) is 18.1 Å². The number of rotatable bonds is 2. The van der Waals surface area contributed by atoms with Gasteiger partial charge in [0.1, 0.15) is 5.78 Å². The number of carbonyl (C=O) groups is 1. The molecule has 0 saturated heterocycles. The van der Waals surface area contributed by atoms with E-state index in [1.54, 1.807) is 0 Å². The van der Waals surface area contributed by atoms with Crippen LogP contribution in [0.4, 0.5) is 0 Å². The van der Waals surface area contributed by atoms with Gasteiger partial charge in [0, 0.05) is 28.0 Å². The lowest BCUT2D eigenvalue weighted by molar-refractivity contribution is -0.125. The van der Waals surface area contributed by atoms with Crippen molar-refractivity contribution in [2.24, 2.45) is 5.92 Å². The van der Waals surface area contributed by atoms with Crippen LogP contribution < -0.4 is 0 Å². The summed E-state index contributed by atoms with van der Waals surface area (Å²) < 4.78 is 0. The molecule has 3 aromatic rings. The molecule has 2 heteroatoms. The summed E-state index contributed by atoms with van der Waals surface area (Å²) in [5.41, 5.74) is 4.03. The van der Waals surface area contributed by atoms with Crippen molar-refractivity contribution in [3.63, 3.8) is 0 Å². The molecule has 0 bridgehead atoms. The second-order valence-electron chi connectivity index (χ2n) is 7.61. The van der Waals surface area contributed by atoms with Gasteiger partial charge in [0.05, 0.1) is 0 Å². The molecule has 5 rings (SSSR count). The molecule has 2 aliphatic rings. The smallest absolute Gasteiger partial charge is 0.136 e. The van der Waals surface area contributed by atoms with Gasteiger partial charge in [-0.15, -0.1) is 0 Å². The number of carbonyl (C=O) groups excluding carboxylic acids is 1. The summed E-state index contributed by atoms with van der Waals surface area (Å²) >= 11 is 1.84. The second kappa shape index (κ2) is 7.01. The number of fused-ring (bicyclic) bond motifs is 2. The highest BCUT2D eigenvalue weighted by molar-refractivity contribution is 7.99. The molecule has 134 valence electrons. The molecule has 0 spiro atoms. The Labute approximate surface area is 164 Å². The van der Waals surface area contributed by atoms with E-state index >= 15 is 0 Å². The first-order valence-corrected chi connectivity index (χ1v) is 10.6. The largest absolute Gasteiger partial charge is 0.299 e. The van der Waals surface area contributed by atoms with Crippen LogP contribution >= 0.6 is 11.8 Å². The van der Waals surface area contributed by atoms with Crippen LogP contribution in [0.1, 0.15) is 47.8 Å². The van der Waals surface area contributed by atoms with Crippen LogP contribution in [0.2, 0.25) is 0 Å². The highest BCUT2D eigenvalue weighted by atomic mass is 32.2. The predicted octanol–water partition coefficient (Wildman–Crippen LogP) is 6.44. The van der Waals surface area contributed by atoms with Gasteiger partial charge in [-0.1, -0.05) is 78.5 Å².